The summed E-state index contributed by atoms with van der Waals surface area (Å²) in [6, 6.07) is 0. The first-order chi connectivity index (χ1) is 10.5. The van der Waals surface area contributed by atoms with Crippen molar-refractivity contribution in [1.82, 2.24) is 19.7 Å². The molecule has 8 nitrogen and oxygen atoms in total. The van der Waals surface area contributed by atoms with Crippen LogP contribution in [-0.4, -0.2) is 36.6 Å². The molecular weight excluding hydrogens is 288 g/mol. The molecule has 120 valence electrons. The highest BCUT2D eigenvalue weighted by Crippen LogP contribution is 2.13. The first-order valence-electron chi connectivity index (χ1n) is 7.23. The number of aromatic nitrogens is 4. The van der Waals surface area contributed by atoms with Gasteiger partial charge in [-0.3, -0.25) is 19.7 Å². The Morgan fingerprint density at radius 1 is 1.23 bits per heavy atom. The summed E-state index contributed by atoms with van der Waals surface area (Å²) in [6.45, 7) is 3.52. The van der Waals surface area contributed by atoms with Crippen LogP contribution in [-0.2, 0) is 12.8 Å². The summed E-state index contributed by atoms with van der Waals surface area (Å²) in [6.07, 6.45) is 2.29. The molecule has 2 rings (SSSR count). The van der Waals surface area contributed by atoms with E-state index in [1.54, 1.807) is 6.92 Å². The van der Waals surface area contributed by atoms with Gasteiger partial charge in [0.25, 0.3) is 11.1 Å². The summed E-state index contributed by atoms with van der Waals surface area (Å²) in [5.74, 6) is -0.435. The second kappa shape index (κ2) is 6.61. The van der Waals surface area contributed by atoms with Gasteiger partial charge in [0, 0.05) is 24.3 Å². The van der Waals surface area contributed by atoms with Crippen molar-refractivity contribution in [2.75, 3.05) is 6.61 Å². The Labute approximate surface area is 126 Å². The van der Waals surface area contributed by atoms with Crippen LogP contribution in [0, 0.1) is 6.92 Å². The van der Waals surface area contributed by atoms with Crippen molar-refractivity contribution in [1.29, 1.82) is 0 Å². The van der Waals surface area contributed by atoms with Crippen LogP contribution >= 0.6 is 0 Å². The third-order valence-corrected chi connectivity index (χ3v) is 3.53. The summed E-state index contributed by atoms with van der Waals surface area (Å²) in [4.78, 5) is 30.7. The monoisotopic (exact) mass is 308 g/mol. The van der Waals surface area contributed by atoms with Crippen molar-refractivity contribution in [3.05, 3.63) is 37.5 Å². The van der Waals surface area contributed by atoms with E-state index in [-0.39, 0.29) is 30.4 Å². The number of aromatic hydroxyl groups is 1. The second-order valence-electron chi connectivity index (χ2n) is 5.12. The number of hydrogen-bond acceptors (Lipinski definition) is 5. The van der Waals surface area contributed by atoms with Crippen LogP contribution in [0.15, 0.2) is 9.59 Å². The van der Waals surface area contributed by atoms with Gasteiger partial charge in [-0.15, -0.1) is 0 Å². The number of aliphatic hydroxyl groups excluding tert-OH is 1. The average Bonchev–Trinajstić information content (AvgIpc) is 2.75. The topological polar surface area (TPSA) is 124 Å². The van der Waals surface area contributed by atoms with Gasteiger partial charge in [0.1, 0.15) is 0 Å². The molecule has 2 aromatic heterocycles. The fourth-order valence-corrected chi connectivity index (χ4v) is 2.30. The lowest BCUT2D eigenvalue weighted by molar-refractivity contribution is 0.299. The fraction of sp³-hybridized carbons (Fsp3) is 0.500. The molecule has 0 amide bonds. The molecule has 0 aliphatic rings. The minimum absolute atomic E-state index is 0.0694. The molecule has 0 saturated heterocycles. The third-order valence-electron chi connectivity index (χ3n) is 3.53. The van der Waals surface area contributed by atoms with E-state index in [4.69, 9.17) is 5.11 Å². The Bertz CT molecular complexity index is 772. The Morgan fingerprint density at radius 2 is 1.95 bits per heavy atom. The van der Waals surface area contributed by atoms with Gasteiger partial charge >= 0.3 is 0 Å². The number of aliphatic hydroxyl groups is 1. The van der Waals surface area contributed by atoms with E-state index < -0.39 is 11.1 Å². The molecule has 4 N–H and O–H groups in total. The molecule has 0 bridgehead atoms. The van der Waals surface area contributed by atoms with E-state index in [1.165, 1.54) is 0 Å². The molecule has 0 aliphatic carbocycles. The van der Waals surface area contributed by atoms with E-state index in [0.717, 1.165) is 17.5 Å². The van der Waals surface area contributed by atoms with E-state index in [1.807, 2.05) is 6.92 Å². The van der Waals surface area contributed by atoms with Crippen LogP contribution in [0.1, 0.15) is 36.6 Å². The molecule has 0 saturated carbocycles. The standard InChI is InChI=1S/C14H20N4O4/c1-3-4-5-10-11(20)15-14(16-12(10)21)18-13(22)9(6-7-19)8(2)17-18/h17,19H,3-7H2,1-2H3,(H2,15,16,20,21). The van der Waals surface area contributed by atoms with Gasteiger partial charge in [0.05, 0.1) is 5.56 Å². The van der Waals surface area contributed by atoms with Gasteiger partial charge in [-0.1, -0.05) is 13.3 Å². The maximum Gasteiger partial charge on any atom is 0.277 e. The van der Waals surface area contributed by atoms with Gasteiger partial charge in [0.15, 0.2) is 0 Å². The highest BCUT2D eigenvalue weighted by Gasteiger charge is 2.16. The van der Waals surface area contributed by atoms with E-state index in [0.29, 0.717) is 17.7 Å². The van der Waals surface area contributed by atoms with Crippen molar-refractivity contribution in [2.24, 2.45) is 0 Å². The van der Waals surface area contributed by atoms with E-state index in [2.05, 4.69) is 15.1 Å². The van der Waals surface area contributed by atoms with Crippen LogP contribution in [0.5, 0.6) is 5.88 Å². The molecule has 2 aromatic rings. The predicted molar refractivity (Wildman–Crippen MR) is 80.6 cm³/mol. The lowest BCUT2D eigenvalue weighted by Crippen LogP contribution is -2.24. The van der Waals surface area contributed by atoms with Gasteiger partial charge in [-0.05, 0) is 19.8 Å². The number of nitrogens with zero attached hydrogens (tertiary/aromatic N) is 2. The Balaban J connectivity index is 2.49. The van der Waals surface area contributed by atoms with Crippen LogP contribution in [0.2, 0.25) is 0 Å². The van der Waals surface area contributed by atoms with Crippen molar-refractivity contribution >= 4 is 0 Å². The highest BCUT2D eigenvalue weighted by atomic mass is 16.3. The predicted octanol–water partition coefficient (Wildman–Crippen LogP) is 0.140. The van der Waals surface area contributed by atoms with Gasteiger partial charge in [-0.2, -0.15) is 9.67 Å². The molecule has 8 heteroatoms. The number of unbranched alkanes of at least 4 members (excludes halogenated alkanes) is 1. The lowest BCUT2D eigenvalue weighted by Gasteiger charge is -2.05. The number of nitrogens with one attached hydrogen (secondary N) is 2. The molecular formula is C14H20N4O4. The molecule has 0 spiro atoms. The van der Waals surface area contributed by atoms with Crippen molar-refractivity contribution < 1.29 is 10.2 Å². The first-order valence-corrected chi connectivity index (χ1v) is 7.23. The Hall–Kier alpha value is -2.35. The summed E-state index contributed by atoms with van der Waals surface area (Å²) in [5, 5.41) is 21.7. The van der Waals surface area contributed by atoms with Crippen LogP contribution < -0.4 is 11.1 Å². The first kappa shape index (κ1) is 16.0. The normalized spacial score (nSPS) is 11.0. The van der Waals surface area contributed by atoms with Gasteiger partial charge in [-0.25, -0.2) is 0 Å². The number of rotatable bonds is 6. The van der Waals surface area contributed by atoms with Gasteiger partial charge in [0.2, 0.25) is 11.8 Å². The smallest absolute Gasteiger partial charge is 0.277 e. The summed E-state index contributed by atoms with van der Waals surface area (Å²) in [7, 11) is 0. The molecule has 0 atom stereocenters. The Kier molecular flexibility index (Phi) is 4.81. The molecule has 0 radical (unpaired) electrons. The summed E-state index contributed by atoms with van der Waals surface area (Å²) < 4.78 is 1.06. The largest absolute Gasteiger partial charge is 0.493 e. The molecule has 0 fully saturated rings. The van der Waals surface area contributed by atoms with Crippen molar-refractivity contribution in [2.45, 2.75) is 39.5 Å². The minimum atomic E-state index is -0.459. The SMILES string of the molecule is CCCCc1c(O)nc(-n2[nH]c(C)c(CCO)c2=O)[nH]c1=O. The molecule has 0 aliphatic heterocycles. The highest BCUT2D eigenvalue weighted by molar-refractivity contribution is 5.28. The number of H-pyrrole nitrogens is 2. The van der Waals surface area contributed by atoms with Crippen LogP contribution in [0.3, 0.4) is 0 Å². The van der Waals surface area contributed by atoms with Crippen LogP contribution in [0.25, 0.3) is 5.95 Å². The van der Waals surface area contributed by atoms with Crippen molar-refractivity contribution in [3.8, 4) is 11.8 Å². The number of aromatic amines is 2. The molecule has 22 heavy (non-hydrogen) atoms. The minimum Gasteiger partial charge on any atom is -0.493 e. The van der Waals surface area contributed by atoms with Gasteiger partial charge < -0.3 is 10.2 Å². The maximum atomic E-state index is 12.2. The zero-order chi connectivity index (χ0) is 16.3. The lowest BCUT2D eigenvalue weighted by atomic mass is 10.1. The summed E-state index contributed by atoms with van der Waals surface area (Å²) in [5.41, 5.74) is 0.350. The van der Waals surface area contributed by atoms with Crippen molar-refractivity contribution in [3.63, 3.8) is 0 Å². The molecule has 0 aromatic carbocycles. The maximum absolute atomic E-state index is 12.2. The quantitative estimate of drug-likeness (QED) is 0.604. The molecule has 0 unspecified atom stereocenters. The summed E-state index contributed by atoms with van der Waals surface area (Å²) >= 11 is 0. The Morgan fingerprint density at radius 3 is 2.55 bits per heavy atom. The fourth-order valence-electron chi connectivity index (χ4n) is 2.30. The second-order valence-corrected chi connectivity index (χ2v) is 5.12. The molecule has 2 heterocycles. The van der Waals surface area contributed by atoms with Crippen LogP contribution in [0.4, 0.5) is 0 Å². The number of aryl methyl sites for hydroxylation is 1. The zero-order valence-corrected chi connectivity index (χ0v) is 12.6. The average molecular weight is 308 g/mol. The zero-order valence-electron chi connectivity index (χ0n) is 12.6. The van der Waals surface area contributed by atoms with E-state index in [9.17, 15) is 14.7 Å². The van der Waals surface area contributed by atoms with E-state index >= 15 is 0 Å². The number of hydrogen-bond donors (Lipinski definition) is 4. The third kappa shape index (κ3) is 2.96.